The van der Waals surface area contributed by atoms with Gasteiger partial charge in [0.25, 0.3) is 5.91 Å². The predicted molar refractivity (Wildman–Crippen MR) is 104 cm³/mol. The van der Waals surface area contributed by atoms with E-state index in [9.17, 15) is 4.79 Å². The maximum Gasteiger partial charge on any atom is 0.275 e. The lowest BCUT2D eigenvalue weighted by Crippen LogP contribution is -2.14. The van der Waals surface area contributed by atoms with E-state index in [-0.39, 0.29) is 11.6 Å². The first kappa shape index (κ1) is 18.2. The Morgan fingerprint density at radius 1 is 0.926 bits per heavy atom. The van der Waals surface area contributed by atoms with E-state index in [1.807, 2.05) is 31.2 Å². The van der Waals surface area contributed by atoms with E-state index in [1.54, 1.807) is 25.3 Å². The smallest absolute Gasteiger partial charge is 0.275 e. The van der Waals surface area contributed by atoms with Gasteiger partial charge in [0.15, 0.2) is 11.5 Å². The second-order valence-electron chi connectivity index (χ2n) is 5.81. The summed E-state index contributed by atoms with van der Waals surface area (Å²) in [6, 6.07) is 13.0. The molecule has 1 aromatic heterocycles. The molecule has 2 aromatic carbocycles. The van der Waals surface area contributed by atoms with Crippen LogP contribution in [0.1, 0.15) is 16.1 Å². The van der Waals surface area contributed by atoms with E-state index >= 15 is 0 Å². The van der Waals surface area contributed by atoms with E-state index in [4.69, 9.17) is 9.47 Å². The highest BCUT2D eigenvalue weighted by Gasteiger charge is 2.11. The molecule has 7 nitrogen and oxygen atoms in total. The number of methoxy groups -OCH3 is 2. The molecule has 0 aliphatic rings. The van der Waals surface area contributed by atoms with Gasteiger partial charge in [0.2, 0.25) is 0 Å². The third kappa shape index (κ3) is 4.52. The lowest BCUT2D eigenvalue weighted by molar-refractivity contribution is 0.102. The number of ether oxygens (including phenoxy) is 2. The van der Waals surface area contributed by atoms with Crippen LogP contribution in [0.25, 0.3) is 0 Å². The quantitative estimate of drug-likeness (QED) is 0.692. The normalized spacial score (nSPS) is 10.2. The number of benzene rings is 2. The standard InChI is InChI=1S/C20H20N4O3/c1-13-5-4-6-14(9-13)23-19-12-21-16(11-22-19)20(25)24-15-7-8-17(26-2)18(10-15)27-3/h4-12H,1-3H3,(H,22,23)(H,24,25). The van der Waals surface area contributed by atoms with Gasteiger partial charge in [0.05, 0.1) is 26.6 Å². The minimum absolute atomic E-state index is 0.208. The molecule has 2 N–H and O–H groups in total. The summed E-state index contributed by atoms with van der Waals surface area (Å²) in [4.78, 5) is 20.8. The molecule has 1 heterocycles. The second kappa shape index (κ2) is 8.18. The van der Waals surface area contributed by atoms with Gasteiger partial charge in [0.1, 0.15) is 11.5 Å². The summed E-state index contributed by atoms with van der Waals surface area (Å²) >= 11 is 0. The summed E-state index contributed by atoms with van der Waals surface area (Å²) in [5, 5.41) is 5.92. The highest BCUT2D eigenvalue weighted by molar-refractivity contribution is 6.02. The van der Waals surface area contributed by atoms with Gasteiger partial charge in [-0.2, -0.15) is 0 Å². The van der Waals surface area contributed by atoms with Gasteiger partial charge in [-0.05, 0) is 36.8 Å². The van der Waals surface area contributed by atoms with Gasteiger partial charge in [0, 0.05) is 17.4 Å². The number of hydrogen-bond acceptors (Lipinski definition) is 6. The lowest BCUT2D eigenvalue weighted by Gasteiger charge is -2.10. The number of nitrogens with zero attached hydrogens (tertiary/aromatic N) is 2. The molecule has 0 saturated carbocycles. The van der Waals surface area contributed by atoms with Crippen molar-refractivity contribution >= 4 is 23.1 Å². The average molecular weight is 364 g/mol. The fourth-order valence-corrected chi connectivity index (χ4v) is 2.49. The highest BCUT2D eigenvalue weighted by atomic mass is 16.5. The number of hydrogen-bond donors (Lipinski definition) is 2. The SMILES string of the molecule is COc1ccc(NC(=O)c2cnc(Nc3cccc(C)c3)cn2)cc1OC. The molecule has 0 unspecified atom stereocenters. The number of anilines is 3. The Labute approximate surface area is 157 Å². The van der Waals surface area contributed by atoms with E-state index in [2.05, 4.69) is 20.6 Å². The summed E-state index contributed by atoms with van der Waals surface area (Å²) < 4.78 is 10.4. The van der Waals surface area contributed by atoms with Crippen LogP contribution < -0.4 is 20.1 Å². The molecule has 27 heavy (non-hydrogen) atoms. The molecule has 0 fully saturated rings. The Kier molecular flexibility index (Phi) is 5.51. The van der Waals surface area contributed by atoms with Crippen LogP contribution in [0.15, 0.2) is 54.9 Å². The molecule has 0 atom stereocenters. The minimum atomic E-state index is -0.364. The number of carbonyl (C=O) groups is 1. The zero-order valence-corrected chi connectivity index (χ0v) is 15.3. The van der Waals surface area contributed by atoms with Gasteiger partial charge in [-0.3, -0.25) is 4.79 Å². The number of amides is 1. The average Bonchev–Trinajstić information content (AvgIpc) is 2.68. The molecule has 138 valence electrons. The van der Waals surface area contributed by atoms with Crippen molar-refractivity contribution in [3.8, 4) is 11.5 Å². The van der Waals surface area contributed by atoms with E-state index in [1.165, 1.54) is 19.5 Å². The van der Waals surface area contributed by atoms with Crippen molar-refractivity contribution in [1.82, 2.24) is 9.97 Å². The van der Waals surface area contributed by atoms with Gasteiger partial charge in [-0.25, -0.2) is 9.97 Å². The number of rotatable bonds is 6. The molecule has 3 aromatic rings. The zero-order chi connectivity index (χ0) is 19.2. The first-order chi connectivity index (χ1) is 13.1. The maximum atomic E-state index is 12.4. The van der Waals surface area contributed by atoms with Crippen molar-refractivity contribution in [2.75, 3.05) is 24.9 Å². The molecule has 0 aliphatic carbocycles. The monoisotopic (exact) mass is 364 g/mol. The van der Waals surface area contributed by atoms with Crippen LogP contribution in [0.4, 0.5) is 17.2 Å². The Bertz CT molecular complexity index is 942. The van der Waals surface area contributed by atoms with Crippen LogP contribution in [0, 0.1) is 6.92 Å². The largest absolute Gasteiger partial charge is 0.493 e. The predicted octanol–water partition coefficient (Wildman–Crippen LogP) is 3.80. The van der Waals surface area contributed by atoms with Gasteiger partial charge in [-0.1, -0.05) is 12.1 Å². The first-order valence-electron chi connectivity index (χ1n) is 8.28. The Morgan fingerprint density at radius 2 is 1.74 bits per heavy atom. The number of aromatic nitrogens is 2. The minimum Gasteiger partial charge on any atom is -0.493 e. The van der Waals surface area contributed by atoms with Crippen LogP contribution in [-0.4, -0.2) is 30.1 Å². The first-order valence-corrected chi connectivity index (χ1v) is 8.28. The summed E-state index contributed by atoms with van der Waals surface area (Å²) in [6.45, 7) is 2.01. The summed E-state index contributed by atoms with van der Waals surface area (Å²) in [6.07, 6.45) is 2.94. The third-order valence-corrected chi connectivity index (χ3v) is 3.82. The van der Waals surface area contributed by atoms with Crippen molar-refractivity contribution in [2.24, 2.45) is 0 Å². The number of carbonyl (C=O) groups excluding carboxylic acids is 1. The molecule has 3 rings (SSSR count). The molecular weight excluding hydrogens is 344 g/mol. The van der Waals surface area contributed by atoms with Crippen LogP contribution in [0.3, 0.4) is 0 Å². The summed E-state index contributed by atoms with van der Waals surface area (Å²) in [5.74, 6) is 1.31. The molecule has 7 heteroatoms. The zero-order valence-electron chi connectivity index (χ0n) is 15.3. The molecule has 0 aliphatic heterocycles. The van der Waals surface area contributed by atoms with Gasteiger partial charge >= 0.3 is 0 Å². The molecule has 0 bridgehead atoms. The molecule has 0 saturated heterocycles. The fourth-order valence-electron chi connectivity index (χ4n) is 2.49. The fraction of sp³-hybridized carbons (Fsp3) is 0.150. The molecular formula is C20H20N4O3. The Hall–Kier alpha value is -3.61. The molecule has 0 radical (unpaired) electrons. The van der Waals surface area contributed by atoms with Crippen molar-refractivity contribution in [1.29, 1.82) is 0 Å². The van der Waals surface area contributed by atoms with Crippen molar-refractivity contribution in [2.45, 2.75) is 6.92 Å². The third-order valence-electron chi connectivity index (χ3n) is 3.82. The second-order valence-corrected chi connectivity index (χ2v) is 5.81. The van der Waals surface area contributed by atoms with Crippen LogP contribution in [0.5, 0.6) is 11.5 Å². The Morgan fingerprint density at radius 3 is 2.41 bits per heavy atom. The van der Waals surface area contributed by atoms with E-state index < -0.39 is 0 Å². The van der Waals surface area contributed by atoms with Crippen LogP contribution in [-0.2, 0) is 0 Å². The van der Waals surface area contributed by atoms with E-state index in [0.29, 0.717) is 23.0 Å². The highest BCUT2D eigenvalue weighted by Crippen LogP contribution is 2.29. The summed E-state index contributed by atoms with van der Waals surface area (Å²) in [7, 11) is 3.09. The van der Waals surface area contributed by atoms with Crippen LogP contribution >= 0.6 is 0 Å². The Balaban J connectivity index is 1.68. The van der Waals surface area contributed by atoms with Crippen molar-refractivity contribution in [3.63, 3.8) is 0 Å². The van der Waals surface area contributed by atoms with Crippen LogP contribution in [0.2, 0.25) is 0 Å². The summed E-state index contributed by atoms with van der Waals surface area (Å²) in [5.41, 5.74) is 2.83. The topological polar surface area (TPSA) is 85.4 Å². The number of aryl methyl sites for hydroxylation is 1. The number of nitrogens with one attached hydrogen (secondary N) is 2. The maximum absolute atomic E-state index is 12.4. The molecule has 1 amide bonds. The van der Waals surface area contributed by atoms with Crippen molar-refractivity contribution < 1.29 is 14.3 Å². The van der Waals surface area contributed by atoms with Crippen molar-refractivity contribution in [3.05, 3.63) is 66.1 Å². The molecule has 0 spiro atoms. The van der Waals surface area contributed by atoms with Gasteiger partial charge < -0.3 is 20.1 Å². The lowest BCUT2D eigenvalue weighted by atomic mass is 10.2. The van der Waals surface area contributed by atoms with E-state index in [0.717, 1.165) is 11.3 Å². The van der Waals surface area contributed by atoms with Gasteiger partial charge in [-0.15, -0.1) is 0 Å².